The number of H-pyrrole nitrogens is 2. The van der Waals surface area contributed by atoms with Gasteiger partial charge in [-0.3, -0.25) is 9.52 Å². The van der Waals surface area contributed by atoms with E-state index < -0.39 is 38.7 Å². The van der Waals surface area contributed by atoms with Gasteiger partial charge in [-0.2, -0.15) is 0 Å². The first-order valence-electron chi connectivity index (χ1n) is 10.7. The Labute approximate surface area is 198 Å². The molecule has 0 aliphatic rings. The summed E-state index contributed by atoms with van der Waals surface area (Å²) >= 11 is 0. The van der Waals surface area contributed by atoms with Crippen LogP contribution in [-0.4, -0.2) is 56.6 Å². The van der Waals surface area contributed by atoms with E-state index in [9.17, 15) is 17.6 Å². The van der Waals surface area contributed by atoms with Crippen molar-refractivity contribution in [1.82, 2.24) is 30.1 Å². The molecule has 0 unspecified atom stereocenters. The van der Waals surface area contributed by atoms with Gasteiger partial charge >= 0.3 is 0 Å². The number of rotatable bonds is 10. The molecule has 184 valence electrons. The Kier molecular flexibility index (Phi) is 6.73. The van der Waals surface area contributed by atoms with Gasteiger partial charge in [0.15, 0.2) is 5.82 Å². The van der Waals surface area contributed by atoms with Gasteiger partial charge in [0, 0.05) is 19.2 Å². The first kappa shape index (κ1) is 24.2. The summed E-state index contributed by atoms with van der Waals surface area (Å²) in [7, 11) is -3.86. The molecule has 0 saturated carbocycles. The van der Waals surface area contributed by atoms with Crippen LogP contribution in [-0.2, 0) is 16.4 Å². The third-order valence-electron chi connectivity index (χ3n) is 5.07. The van der Waals surface area contributed by atoms with Crippen molar-refractivity contribution in [2.24, 2.45) is 0 Å². The zero-order valence-corrected chi connectivity index (χ0v) is 19.6. The van der Waals surface area contributed by atoms with E-state index in [0.29, 0.717) is 31.0 Å². The standard InChI is InChI=1S/C21H22F2N8O3S/c1-3-8-35(33,34)31-14-5-4-13(22)17(18(14)23)19(32)12-9-25-21-16(12)20(26-10-27-21)24-7-6-15-28-11(2)29-30-15/h4-5,9-10,31H,3,6-8H2,1-2H3,(H,28,29,30)(H2,24,25,26,27). The van der Waals surface area contributed by atoms with Crippen LogP contribution >= 0.6 is 0 Å². The van der Waals surface area contributed by atoms with E-state index in [0.717, 1.165) is 12.1 Å². The van der Waals surface area contributed by atoms with Crippen LogP contribution in [0.5, 0.6) is 0 Å². The Morgan fingerprint density at radius 3 is 2.69 bits per heavy atom. The summed E-state index contributed by atoms with van der Waals surface area (Å²) in [5.74, 6) is -2.09. The van der Waals surface area contributed by atoms with Gasteiger partial charge in [0.25, 0.3) is 0 Å². The molecule has 4 aromatic rings. The minimum Gasteiger partial charge on any atom is -0.369 e. The average molecular weight is 505 g/mol. The molecule has 0 amide bonds. The van der Waals surface area contributed by atoms with Crippen molar-refractivity contribution in [3.8, 4) is 0 Å². The lowest BCUT2D eigenvalue weighted by molar-refractivity contribution is 0.103. The van der Waals surface area contributed by atoms with Crippen LogP contribution in [0, 0.1) is 18.6 Å². The number of hydrogen-bond acceptors (Lipinski definition) is 8. The highest BCUT2D eigenvalue weighted by Crippen LogP contribution is 2.29. The topological polar surface area (TPSA) is 158 Å². The number of carbonyl (C=O) groups excluding carboxylic acids is 1. The molecular formula is C21H22F2N8O3S. The summed E-state index contributed by atoms with van der Waals surface area (Å²) in [5.41, 5.74) is -1.21. The molecule has 0 radical (unpaired) electrons. The number of carbonyl (C=O) groups is 1. The lowest BCUT2D eigenvalue weighted by atomic mass is 10.0. The number of nitrogens with zero attached hydrogens (tertiary/aromatic N) is 4. The largest absolute Gasteiger partial charge is 0.369 e. The summed E-state index contributed by atoms with van der Waals surface area (Å²) in [6.07, 6.45) is 3.33. The van der Waals surface area contributed by atoms with E-state index in [1.54, 1.807) is 13.8 Å². The van der Waals surface area contributed by atoms with Crippen LogP contribution in [0.15, 0.2) is 24.7 Å². The third kappa shape index (κ3) is 5.11. The van der Waals surface area contributed by atoms with Crippen molar-refractivity contribution in [2.45, 2.75) is 26.7 Å². The summed E-state index contributed by atoms with van der Waals surface area (Å²) in [4.78, 5) is 27.3. The first-order valence-corrected chi connectivity index (χ1v) is 12.3. The number of aryl methyl sites for hydroxylation is 1. The van der Waals surface area contributed by atoms with Gasteiger partial charge in [-0.1, -0.05) is 6.92 Å². The third-order valence-corrected chi connectivity index (χ3v) is 6.55. The number of aromatic nitrogens is 6. The molecule has 11 nitrogen and oxygen atoms in total. The molecule has 0 atom stereocenters. The van der Waals surface area contributed by atoms with Crippen molar-refractivity contribution in [3.63, 3.8) is 0 Å². The van der Waals surface area contributed by atoms with Crippen molar-refractivity contribution in [3.05, 3.63) is 59.1 Å². The minimum atomic E-state index is -3.86. The van der Waals surface area contributed by atoms with E-state index in [4.69, 9.17) is 0 Å². The highest BCUT2D eigenvalue weighted by Gasteiger charge is 2.27. The lowest BCUT2D eigenvalue weighted by Gasteiger charge is -2.12. The molecule has 4 rings (SSSR count). The van der Waals surface area contributed by atoms with E-state index in [2.05, 4.69) is 40.2 Å². The summed E-state index contributed by atoms with van der Waals surface area (Å²) < 4.78 is 56.0. The molecule has 3 aromatic heterocycles. The van der Waals surface area contributed by atoms with Gasteiger partial charge in [-0.15, -0.1) is 10.2 Å². The minimum absolute atomic E-state index is 0.0787. The fourth-order valence-corrected chi connectivity index (χ4v) is 4.68. The van der Waals surface area contributed by atoms with Gasteiger partial charge in [0.05, 0.1) is 28.0 Å². The van der Waals surface area contributed by atoms with Crippen molar-refractivity contribution >= 4 is 38.3 Å². The predicted octanol–water partition coefficient (Wildman–Crippen LogP) is 2.70. The zero-order valence-electron chi connectivity index (χ0n) is 18.8. The van der Waals surface area contributed by atoms with E-state index in [1.807, 2.05) is 0 Å². The normalized spacial score (nSPS) is 11.7. The second kappa shape index (κ2) is 9.74. The molecule has 0 bridgehead atoms. The number of ketones is 1. The van der Waals surface area contributed by atoms with E-state index >= 15 is 4.39 Å². The van der Waals surface area contributed by atoms with Gasteiger partial charge in [-0.05, 0) is 25.5 Å². The maximum atomic E-state index is 15.2. The molecule has 0 saturated heterocycles. The smallest absolute Gasteiger partial charge is 0.232 e. The van der Waals surface area contributed by atoms with Crippen LogP contribution in [0.4, 0.5) is 20.3 Å². The number of nitrogens with one attached hydrogen (secondary N) is 4. The number of halogens is 2. The van der Waals surface area contributed by atoms with E-state index in [-0.39, 0.29) is 28.2 Å². The van der Waals surface area contributed by atoms with Gasteiger partial charge in [0.1, 0.15) is 35.3 Å². The van der Waals surface area contributed by atoms with Gasteiger partial charge in [0.2, 0.25) is 15.8 Å². The Balaban J connectivity index is 1.67. The van der Waals surface area contributed by atoms with Crippen molar-refractivity contribution < 1.29 is 22.0 Å². The predicted molar refractivity (Wildman–Crippen MR) is 125 cm³/mol. The van der Waals surface area contributed by atoms with Crippen molar-refractivity contribution in [1.29, 1.82) is 0 Å². The number of fused-ring (bicyclic) bond motifs is 1. The lowest BCUT2D eigenvalue weighted by Crippen LogP contribution is -2.18. The highest BCUT2D eigenvalue weighted by atomic mass is 32.2. The molecule has 14 heteroatoms. The second-order valence-electron chi connectivity index (χ2n) is 7.72. The van der Waals surface area contributed by atoms with E-state index in [1.165, 1.54) is 12.5 Å². The summed E-state index contributed by atoms with van der Waals surface area (Å²) in [6, 6.07) is 1.77. The summed E-state index contributed by atoms with van der Waals surface area (Å²) in [5, 5.41) is 11.2. The SMILES string of the molecule is CCCS(=O)(=O)Nc1ccc(F)c(C(=O)c2c[nH]c3ncnc(NCCc4nnc(C)[nH]4)c23)c1F. The second-order valence-corrected chi connectivity index (χ2v) is 9.56. The number of aromatic amines is 2. The van der Waals surface area contributed by atoms with Crippen LogP contribution in [0.1, 0.15) is 40.9 Å². The molecule has 3 heterocycles. The molecule has 0 fully saturated rings. The Morgan fingerprint density at radius 2 is 1.97 bits per heavy atom. The fourth-order valence-electron chi connectivity index (χ4n) is 3.54. The molecular weight excluding hydrogens is 482 g/mol. The first-order chi connectivity index (χ1) is 16.7. The molecule has 4 N–H and O–H groups in total. The molecule has 0 spiro atoms. The highest BCUT2D eigenvalue weighted by molar-refractivity contribution is 7.92. The maximum absolute atomic E-state index is 15.2. The monoisotopic (exact) mass is 504 g/mol. The quantitative estimate of drug-likeness (QED) is 0.240. The molecule has 0 aliphatic carbocycles. The number of sulfonamides is 1. The molecule has 0 aliphatic heterocycles. The van der Waals surface area contributed by atoms with Crippen molar-refractivity contribution in [2.75, 3.05) is 22.3 Å². The number of hydrogen-bond donors (Lipinski definition) is 4. The molecule has 35 heavy (non-hydrogen) atoms. The molecule has 1 aromatic carbocycles. The zero-order chi connectivity index (χ0) is 25.2. The Morgan fingerprint density at radius 1 is 1.17 bits per heavy atom. The van der Waals surface area contributed by atoms with Gasteiger partial charge in [-0.25, -0.2) is 27.2 Å². The van der Waals surface area contributed by atoms with Crippen LogP contribution in [0.3, 0.4) is 0 Å². The number of benzene rings is 1. The van der Waals surface area contributed by atoms with Crippen LogP contribution < -0.4 is 10.0 Å². The Bertz CT molecular complexity index is 1500. The van der Waals surface area contributed by atoms with Crippen LogP contribution in [0.2, 0.25) is 0 Å². The fraction of sp³-hybridized carbons (Fsp3) is 0.286. The average Bonchev–Trinajstić information content (AvgIpc) is 3.42. The number of anilines is 2. The maximum Gasteiger partial charge on any atom is 0.232 e. The van der Waals surface area contributed by atoms with Crippen LogP contribution in [0.25, 0.3) is 11.0 Å². The van der Waals surface area contributed by atoms with Gasteiger partial charge < -0.3 is 15.3 Å². The summed E-state index contributed by atoms with van der Waals surface area (Å²) in [6.45, 7) is 3.79. The Hall–Kier alpha value is -3.94.